The number of aliphatic hydroxyl groups excluding tert-OH is 1. The van der Waals surface area contributed by atoms with Crippen LogP contribution in [0, 0.1) is 50.7 Å². The summed E-state index contributed by atoms with van der Waals surface area (Å²) < 4.78 is 18.1. The molecule has 0 aromatic carbocycles. The molecule has 1 saturated heterocycles. The second kappa shape index (κ2) is 8.84. The molecule has 5 aliphatic carbocycles. The van der Waals surface area contributed by atoms with Gasteiger partial charge in [-0.1, -0.05) is 34.6 Å². The largest absolute Gasteiger partial charge is 0.457 e. The fraction of sp³-hybridized carbons (Fsp3) is 0.939. The number of amides is 1. The molecule has 8 heteroatoms. The molecule has 0 radical (unpaired) electrons. The minimum atomic E-state index is -1.26. The summed E-state index contributed by atoms with van der Waals surface area (Å²) in [6.07, 6.45) is 5.02. The molecule has 5 saturated carbocycles. The van der Waals surface area contributed by atoms with Gasteiger partial charge >= 0.3 is 12.1 Å². The Morgan fingerprint density at radius 2 is 1.66 bits per heavy atom. The number of esters is 1. The third kappa shape index (κ3) is 3.68. The van der Waals surface area contributed by atoms with Crippen molar-refractivity contribution in [2.75, 3.05) is 0 Å². The molecule has 0 aromatic rings. The lowest BCUT2D eigenvalue weighted by Crippen LogP contribution is -2.60. The molecule has 6 rings (SSSR count). The zero-order valence-corrected chi connectivity index (χ0v) is 26.4. The Morgan fingerprint density at radius 3 is 2.27 bits per heavy atom. The van der Waals surface area contributed by atoms with Gasteiger partial charge in [-0.25, -0.2) is 4.79 Å². The Bertz CT molecular complexity index is 1120. The van der Waals surface area contributed by atoms with Gasteiger partial charge in [0.05, 0.1) is 23.9 Å². The predicted octanol–water partition coefficient (Wildman–Crippen LogP) is 4.97. The highest BCUT2D eigenvalue weighted by molar-refractivity contribution is 5.66. The molecule has 1 aliphatic heterocycles. The molecule has 0 aromatic heterocycles. The second-order valence-electron chi connectivity index (χ2n) is 16.7. The molecule has 8 nitrogen and oxygen atoms in total. The van der Waals surface area contributed by atoms with E-state index in [1.807, 2.05) is 0 Å². The number of hydrogen-bond acceptors (Lipinski definition) is 7. The van der Waals surface area contributed by atoms with Gasteiger partial charge in [0.1, 0.15) is 6.10 Å². The molecule has 232 valence electrons. The van der Waals surface area contributed by atoms with E-state index in [9.17, 15) is 19.8 Å². The first kappa shape index (κ1) is 29.7. The lowest BCUT2D eigenvalue weighted by atomic mass is 9.41. The minimum Gasteiger partial charge on any atom is -0.457 e. The summed E-state index contributed by atoms with van der Waals surface area (Å²) in [6, 6.07) is 0. The highest BCUT2D eigenvalue weighted by Crippen LogP contribution is 2.89. The third-order valence-corrected chi connectivity index (χ3v) is 14.4. The highest BCUT2D eigenvalue weighted by Gasteiger charge is 2.84. The number of ether oxygens (including phenoxy) is 3. The molecule has 3 unspecified atom stereocenters. The van der Waals surface area contributed by atoms with Crippen molar-refractivity contribution in [3.63, 3.8) is 0 Å². The van der Waals surface area contributed by atoms with Crippen molar-refractivity contribution in [1.82, 2.24) is 0 Å². The van der Waals surface area contributed by atoms with Crippen molar-refractivity contribution < 1.29 is 34.0 Å². The maximum atomic E-state index is 12.4. The van der Waals surface area contributed by atoms with E-state index in [1.54, 1.807) is 13.8 Å². The zero-order valence-electron chi connectivity index (χ0n) is 26.4. The maximum Gasteiger partial charge on any atom is 0.404 e. The van der Waals surface area contributed by atoms with Gasteiger partial charge in [0.2, 0.25) is 0 Å². The van der Waals surface area contributed by atoms with Gasteiger partial charge < -0.3 is 30.2 Å². The first-order valence-corrected chi connectivity index (χ1v) is 16.1. The number of rotatable bonds is 4. The highest BCUT2D eigenvalue weighted by atomic mass is 16.6. The molecule has 41 heavy (non-hydrogen) atoms. The van der Waals surface area contributed by atoms with E-state index in [0.29, 0.717) is 18.3 Å². The van der Waals surface area contributed by atoms with Crippen molar-refractivity contribution >= 4 is 12.1 Å². The van der Waals surface area contributed by atoms with E-state index in [2.05, 4.69) is 34.6 Å². The van der Waals surface area contributed by atoms with Crippen molar-refractivity contribution in [2.24, 2.45) is 56.5 Å². The van der Waals surface area contributed by atoms with Crippen LogP contribution in [0.3, 0.4) is 0 Å². The number of nitrogens with two attached hydrogens (primary N) is 1. The second-order valence-corrected chi connectivity index (χ2v) is 16.7. The van der Waals surface area contributed by atoms with Crippen molar-refractivity contribution in [3.05, 3.63) is 0 Å². The summed E-state index contributed by atoms with van der Waals surface area (Å²) in [5.41, 5.74) is 4.10. The van der Waals surface area contributed by atoms with Crippen LogP contribution in [0.4, 0.5) is 4.79 Å². The number of aliphatic hydroxyl groups is 2. The number of hydrogen-bond donors (Lipinski definition) is 3. The molecule has 13 atom stereocenters. The molecule has 6 aliphatic rings. The fourth-order valence-electron chi connectivity index (χ4n) is 12.7. The van der Waals surface area contributed by atoms with Crippen LogP contribution in [0.5, 0.6) is 0 Å². The van der Waals surface area contributed by atoms with E-state index >= 15 is 0 Å². The van der Waals surface area contributed by atoms with Gasteiger partial charge in [0, 0.05) is 17.8 Å². The summed E-state index contributed by atoms with van der Waals surface area (Å²) in [7, 11) is 0. The molecule has 1 heterocycles. The maximum absolute atomic E-state index is 12.4. The summed E-state index contributed by atoms with van der Waals surface area (Å²) >= 11 is 0. The van der Waals surface area contributed by atoms with E-state index < -0.39 is 36.0 Å². The van der Waals surface area contributed by atoms with Crippen molar-refractivity contribution in [3.8, 4) is 0 Å². The summed E-state index contributed by atoms with van der Waals surface area (Å²) in [5.74, 6) is 0.863. The van der Waals surface area contributed by atoms with Crippen LogP contribution in [-0.4, -0.2) is 58.4 Å². The molecule has 1 amide bonds. The number of fused-ring (bicyclic) bond motifs is 4. The molecular weight excluding hydrogens is 522 g/mol. The summed E-state index contributed by atoms with van der Waals surface area (Å²) in [5, 5.41) is 23.3. The van der Waals surface area contributed by atoms with Crippen molar-refractivity contribution in [2.45, 2.75) is 143 Å². The number of primary amides is 1. The smallest absolute Gasteiger partial charge is 0.404 e. The predicted molar refractivity (Wildman–Crippen MR) is 152 cm³/mol. The van der Waals surface area contributed by atoms with E-state index in [1.165, 1.54) is 19.8 Å². The molecule has 4 N–H and O–H groups in total. The lowest BCUT2D eigenvalue weighted by molar-refractivity contribution is -0.216. The van der Waals surface area contributed by atoms with Crippen LogP contribution < -0.4 is 5.73 Å². The van der Waals surface area contributed by atoms with Crippen LogP contribution in [0.15, 0.2) is 0 Å². The summed E-state index contributed by atoms with van der Waals surface area (Å²) in [6.45, 7) is 16.2. The van der Waals surface area contributed by atoms with Crippen LogP contribution in [0.25, 0.3) is 0 Å². The van der Waals surface area contributed by atoms with Crippen LogP contribution in [-0.2, 0) is 19.0 Å². The van der Waals surface area contributed by atoms with Gasteiger partial charge in [-0.05, 0) is 105 Å². The van der Waals surface area contributed by atoms with Gasteiger partial charge in [-0.3, -0.25) is 4.79 Å². The van der Waals surface area contributed by atoms with Crippen molar-refractivity contribution in [1.29, 1.82) is 0 Å². The standard InChI is InChI=1S/C33H53NO7/c1-17-15-19(26(29(5,6)38)39-18(2)35)40-24-23(17)30(7)13-14-33-16-32(33)12-11-22(41-27(34)37)28(3,4)20(32)9-10-21(33)31(30,8)25(24)36/h17,19-26,36,38H,9-16H2,1-8H3,(H2,34,37)/t17-,19?,20+,21?,22+,23+,24+,25+,26+,30-,31-,32?,33+/m1/s1. The Morgan fingerprint density at radius 1 is 1.02 bits per heavy atom. The Kier molecular flexibility index (Phi) is 6.40. The molecule has 0 bridgehead atoms. The quantitative estimate of drug-likeness (QED) is 0.404. The van der Waals surface area contributed by atoms with Gasteiger partial charge in [-0.2, -0.15) is 0 Å². The van der Waals surface area contributed by atoms with Crippen LogP contribution in [0.2, 0.25) is 0 Å². The van der Waals surface area contributed by atoms with E-state index in [4.69, 9.17) is 19.9 Å². The van der Waals surface area contributed by atoms with Crippen LogP contribution >= 0.6 is 0 Å². The third-order valence-electron chi connectivity index (χ3n) is 14.4. The van der Waals surface area contributed by atoms with E-state index in [-0.39, 0.29) is 51.1 Å². The molecule has 2 spiro atoms. The SMILES string of the molecule is CC(=O)O[C@@H](C1C[C@@H](C)[C@H]2[C@H](O1)[C@H](O)[C@@]1(C)C3CC[C@H]4C(C)(C)[C@@H](OC(N)=O)CCC45C[C@@]35CC[C@]21C)C(C)(C)O. The topological polar surface area (TPSA) is 128 Å². The van der Waals surface area contributed by atoms with Crippen LogP contribution in [0.1, 0.15) is 107 Å². The average Bonchev–Trinajstić information content (AvgIpc) is 3.48. The number of carbonyl (C=O) groups is 2. The Hall–Kier alpha value is -1.38. The van der Waals surface area contributed by atoms with E-state index in [0.717, 1.165) is 32.1 Å². The average molecular weight is 576 g/mol. The van der Waals surface area contributed by atoms with Gasteiger partial charge in [0.25, 0.3) is 0 Å². The Balaban J connectivity index is 1.32. The van der Waals surface area contributed by atoms with Gasteiger partial charge in [-0.15, -0.1) is 0 Å². The fourth-order valence-corrected chi connectivity index (χ4v) is 12.7. The zero-order chi connectivity index (χ0) is 30.1. The first-order valence-electron chi connectivity index (χ1n) is 16.1. The monoisotopic (exact) mass is 575 g/mol. The summed E-state index contributed by atoms with van der Waals surface area (Å²) in [4.78, 5) is 23.7. The molecule has 6 fully saturated rings. The first-order chi connectivity index (χ1) is 18.9. The number of carbonyl (C=O) groups excluding carboxylic acids is 2. The Labute approximate surface area is 245 Å². The molecular formula is C33H53NO7. The lowest BCUT2D eigenvalue weighted by Gasteiger charge is -2.63. The minimum absolute atomic E-state index is 0.0819. The normalized spacial score (nSPS) is 52.0. The van der Waals surface area contributed by atoms with Gasteiger partial charge in [0.15, 0.2) is 6.10 Å².